The minimum Gasteiger partial charge on any atom is -0.506 e. The maximum atomic E-state index is 12.5. The molecule has 2 aromatic heterocycles. The van der Waals surface area contributed by atoms with E-state index in [4.69, 9.17) is 0 Å². The molecule has 7 nitrogen and oxygen atoms in total. The lowest BCUT2D eigenvalue weighted by Crippen LogP contribution is -2.27. The predicted molar refractivity (Wildman–Crippen MR) is 126 cm³/mol. The van der Waals surface area contributed by atoms with E-state index in [0.717, 1.165) is 35.0 Å². The summed E-state index contributed by atoms with van der Waals surface area (Å²) < 4.78 is 2.21. The molecule has 3 aromatic rings. The molecule has 2 aliphatic rings. The normalized spacial score (nSPS) is 18.4. The van der Waals surface area contributed by atoms with E-state index in [0.29, 0.717) is 17.7 Å². The number of H-pyrrole nitrogens is 1. The Morgan fingerprint density at radius 1 is 1.31 bits per heavy atom. The SMILES string of the molecule is CC1CCc2c([nH]c(=O)c(C(=O)O)c2O)-c2cc3cc(CNC4(C)CC4)n(C)c3cc21.Cl. The van der Waals surface area contributed by atoms with Crippen molar-refractivity contribution in [3.63, 3.8) is 0 Å². The van der Waals surface area contributed by atoms with Gasteiger partial charge in [0.25, 0.3) is 5.56 Å². The smallest absolute Gasteiger partial charge is 0.345 e. The fourth-order valence-electron chi connectivity index (χ4n) is 4.74. The van der Waals surface area contributed by atoms with Gasteiger partial charge in [-0.2, -0.15) is 0 Å². The Bertz CT molecular complexity index is 1300. The van der Waals surface area contributed by atoms with E-state index in [2.05, 4.69) is 54.0 Å². The van der Waals surface area contributed by atoms with Crippen LogP contribution >= 0.6 is 12.4 Å². The van der Waals surface area contributed by atoms with Crippen LogP contribution < -0.4 is 10.9 Å². The number of hydrogen-bond donors (Lipinski definition) is 4. The van der Waals surface area contributed by atoms with Crippen LogP contribution in [0.1, 0.15) is 66.2 Å². The Labute approximate surface area is 191 Å². The number of aromatic amines is 1. The zero-order valence-electron chi connectivity index (χ0n) is 18.4. The average Bonchev–Trinajstić information content (AvgIpc) is 3.39. The van der Waals surface area contributed by atoms with Gasteiger partial charge in [-0.3, -0.25) is 4.79 Å². The molecular formula is C24H28ClN3O4. The molecule has 170 valence electrons. The van der Waals surface area contributed by atoms with Crippen LogP contribution in [0.4, 0.5) is 0 Å². The summed E-state index contributed by atoms with van der Waals surface area (Å²) >= 11 is 0. The van der Waals surface area contributed by atoms with E-state index in [1.165, 1.54) is 18.5 Å². The summed E-state index contributed by atoms with van der Waals surface area (Å²) in [5.74, 6) is -1.63. The first-order chi connectivity index (χ1) is 14.7. The Balaban J connectivity index is 0.00000245. The number of carboxylic acids is 1. The Morgan fingerprint density at radius 3 is 2.69 bits per heavy atom. The lowest BCUT2D eigenvalue weighted by Gasteiger charge is -2.15. The van der Waals surface area contributed by atoms with Gasteiger partial charge >= 0.3 is 5.97 Å². The van der Waals surface area contributed by atoms with Crippen molar-refractivity contribution >= 4 is 29.3 Å². The maximum Gasteiger partial charge on any atom is 0.345 e. The predicted octanol–water partition coefficient (Wildman–Crippen LogP) is 4.05. The van der Waals surface area contributed by atoms with Crippen molar-refractivity contribution in [2.24, 2.45) is 7.05 Å². The van der Waals surface area contributed by atoms with Crippen LogP contribution in [0.2, 0.25) is 0 Å². The summed E-state index contributed by atoms with van der Waals surface area (Å²) in [6.07, 6.45) is 3.66. The van der Waals surface area contributed by atoms with Gasteiger partial charge in [-0.15, -0.1) is 12.4 Å². The summed E-state index contributed by atoms with van der Waals surface area (Å²) in [5, 5.41) is 24.7. The monoisotopic (exact) mass is 457 g/mol. The fraction of sp³-hybridized carbons (Fsp3) is 0.417. The second kappa shape index (κ2) is 7.67. The number of carbonyl (C=O) groups is 1. The number of aromatic nitrogens is 2. The van der Waals surface area contributed by atoms with Gasteiger partial charge in [-0.25, -0.2) is 4.79 Å². The molecule has 1 saturated carbocycles. The molecule has 2 heterocycles. The molecule has 1 fully saturated rings. The zero-order chi connectivity index (χ0) is 22.1. The van der Waals surface area contributed by atoms with Crippen molar-refractivity contribution < 1.29 is 15.0 Å². The highest BCUT2D eigenvalue weighted by atomic mass is 35.5. The number of hydrogen-bond acceptors (Lipinski definition) is 4. The molecule has 0 aliphatic heterocycles. The maximum absolute atomic E-state index is 12.5. The third kappa shape index (κ3) is 3.49. The number of nitrogens with one attached hydrogen (secondary N) is 2. The van der Waals surface area contributed by atoms with Crippen molar-refractivity contribution in [3.8, 4) is 17.0 Å². The minimum atomic E-state index is -1.42. The Hall–Kier alpha value is -2.77. The molecule has 2 aliphatic carbocycles. The number of rotatable bonds is 4. The highest BCUT2D eigenvalue weighted by molar-refractivity contribution is 5.93. The molecule has 0 saturated heterocycles. The first-order valence-corrected chi connectivity index (χ1v) is 10.8. The van der Waals surface area contributed by atoms with E-state index in [1.807, 2.05) is 0 Å². The Morgan fingerprint density at radius 2 is 2.03 bits per heavy atom. The quantitative estimate of drug-likeness (QED) is 0.472. The molecule has 5 rings (SSSR count). The van der Waals surface area contributed by atoms with E-state index in [1.54, 1.807) is 0 Å². The number of benzene rings is 1. The van der Waals surface area contributed by atoms with Crippen LogP contribution in [-0.2, 0) is 20.0 Å². The van der Waals surface area contributed by atoms with E-state index in [9.17, 15) is 19.8 Å². The van der Waals surface area contributed by atoms with E-state index >= 15 is 0 Å². The van der Waals surface area contributed by atoms with Gasteiger partial charge in [0.2, 0.25) is 0 Å². The summed E-state index contributed by atoms with van der Waals surface area (Å²) in [6, 6.07) is 6.39. The van der Waals surface area contributed by atoms with Gasteiger partial charge in [0.1, 0.15) is 5.75 Å². The first-order valence-electron chi connectivity index (χ1n) is 10.8. The number of aromatic hydroxyl groups is 1. The van der Waals surface area contributed by atoms with Crippen LogP contribution in [0.5, 0.6) is 5.75 Å². The molecule has 1 aromatic carbocycles. The molecule has 0 amide bonds. The fourth-order valence-corrected chi connectivity index (χ4v) is 4.74. The van der Waals surface area contributed by atoms with Crippen molar-refractivity contribution in [1.29, 1.82) is 0 Å². The molecule has 8 heteroatoms. The van der Waals surface area contributed by atoms with Crippen molar-refractivity contribution in [2.75, 3.05) is 0 Å². The number of pyridine rings is 1. The molecule has 4 N–H and O–H groups in total. The molecule has 0 spiro atoms. The number of aryl methyl sites for hydroxylation is 1. The molecule has 32 heavy (non-hydrogen) atoms. The van der Waals surface area contributed by atoms with Crippen LogP contribution in [-0.4, -0.2) is 31.3 Å². The van der Waals surface area contributed by atoms with E-state index < -0.39 is 22.8 Å². The average molecular weight is 458 g/mol. The highest BCUT2D eigenvalue weighted by Crippen LogP contribution is 2.42. The van der Waals surface area contributed by atoms with Crippen LogP contribution in [0, 0.1) is 0 Å². The van der Waals surface area contributed by atoms with Gasteiger partial charge in [0, 0.05) is 46.9 Å². The first kappa shape index (κ1) is 22.4. The zero-order valence-corrected chi connectivity index (χ0v) is 19.2. The number of carboxylic acid groups (broad SMARTS) is 1. The number of aromatic carboxylic acids is 1. The molecule has 0 radical (unpaired) electrons. The molecule has 0 bridgehead atoms. The standard InChI is InChI=1S/C24H27N3O4.ClH/c1-12-4-5-15-20(26-22(29)19(21(15)28)23(30)31)17-9-13-8-14(11-25-24(2)6-7-24)27(3)18(13)10-16(12)17;/h8-10,12,25H,4-7,11H2,1-3H3,(H,30,31)(H2,26,28,29);1H. The lowest BCUT2D eigenvalue weighted by molar-refractivity contribution is 0.0691. The van der Waals surface area contributed by atoms with Gasteiger partial charge in [-0.05, 0) is 62.3 Å². The number of nitrogens with zero attached hydrogens (tertiary/aromatic N) is 1. The molecule has 1 atom stereocenters. The van der Waals surface area contributed by atoms with Crippen molar-refractivity contribution in [1.82, 2.24) is 14.9 Å². The van der Waals surface area contributed by atoms with Gasteiger partial charge in [-0.1, -0.05) is 6.92 Å². The van der Waals surface area contributed by atoms with Crippen LogP contribution in [0.3, 0.4) is 0 Å². The third-order valence-corrected chi connectivity index (χ3v) is 7.14. The summed E-state index contributed by atoms with van der Waals surface area (Å²) in [7, 11) is 2.07. The van der Waals surface area contributed by atoms with E-state index in [-0.39, 0.29) is 23.9 Å². The number of halogens is 1. The summed E-state index contributed by atoms with van der Waals surface area (Å²) in [6.45, 7) is 5.16. The van der Waals surface area contributed by atoms with Crippen LogP contribution in [0.25, 0.3) is 22.2 Å². The largest absolute Gasteiger partial charge is 0.506 e. The lowest BCUT2D eigenvalue weighted by atomic mass is 9.92. The van der Waals surface area contributed by atoms with Crippen molar-refractivity contribution in [3.05, 3.63) is 50.9 Å². The second-order valence-electron chi connectivity index (χ2n) is 9.38. The van der Waals surface area contributed by atoms with Crippen molar-refractivity contribution in [2.45, 2.75) is 57.5 Å². The van der Waals surface area contributed by atoms with Crippen LogP contribution in [0.15, 0.2) is 23.0 Å². The topological polar surface area (TPSA) is 107 Å². The second-order valence-corrected chi connectivity index (χ2v) is 9.38. The summed E-state index contributed by atoms with van der Waals surface area (Å²) in [4.78, 5) is 26.7. The Kier molecular flexibility index (Phi) is 5.38. The minimum absolute atomic E-state index is 0. The van der Waals surface area contributed by atoms with Gasteiger partial charge in [0.15, 0.2) is 5.56 Å². The molecular weight excluding hydrogens is 430 g/mol. The highest BCUT2D eigenvalue weighted by Gasteiger charge is 2.36. The van der Waals surface area contributed by atoms with Gasteiger partial charge in [0.05, 0.1) is 5.69 Å². The molecule has 1 unspecified atom stereocenters. The third-order valence-electron chi connectivity index (χ3n) is 7.14. The summed E-state index contributed by atoms with van der Waals surface area (Å²) in [5.41, 5.74) is 4.19. The number of fused-ring (bicyclic) bond motifs is 4. The van der Waals surface area contributed by atoms with Gasteiger partial charge < -0.3 is 25.1 Å².